The van der Waals surface area contributed by atoms with Gasteiger partial charge in [0.15, 0.2) is 0 Å². The van der Waals surface area contributed by atoms with Gasteiger partial charge in [0.25, 0.3) is 11.6 Å². The lowest BCUT2D eigenvalue weighted by Gasteiger charge is -2.26. The molecule has 1 amide bonds. The molecule has 0 bridgehead atoms. The predicted octanol–water partition coefficient (Wildman–Crippen LogP) is 3.01. The molecule has 1 saturated heterocycles. The predicted molar refractivity (Wildman–Crippen MR) is 98.7 cm³/mol. The minimum Gasteiger partial charge on any atom is -0.378 e. The third-order valence-corrected chi connectivity index (χ3v) is 5.22. The van der Waals surface area contributed by atoms with Crippen molar-refractivity contribution in [1.29, 1.82) is 0 Å². The van der Waals surface area contributed by atoms with Gasteiger partial charge in [-0.15, -0.1) is 11.3 Å². The van der Waals surface area contributed by atoms with Crippen molar-refractivity contribution in [2.75, 3.05) is 31.6 Å². The number of aromatic nitrogens is 1. The maximum absolute atomic E-state index is 12.6. The molecule has 3 rings (SSSR count). The van der Waals surface area contributed by atoms with E-state index in [1.165, 1.54) is 6.07 Å². The molecule has 0 saturated carbocycles. The number of nitro benzene ring substituents is 1. The van der Waals surface area contributed by atoms with Crippen molar-refractivity contribution in [3.63, 3.8) is 0 Å². The lowest BCUT2D eigenvalue weighted by atomic mass is 10.1. The molecule has 1 N–H and O–H groups in total. The molecule has 9 heteroatoms. The Bertz CT molecular complexity index is 817. The van der Waals surface area contributed by atoms with E-state index in [1.54, 1.807) is 34.6 Å². The molecule has 1 atom stereocenters. The van der Waals surface area contributed by atoms with E-state index in [9.17, 15) is 14.9 Å². The number of ether oxygens (including phenoxy) is 1. The summed E-state index contributed by atoms with van der Waals surface area (Å²) in [6, 6.07) is 4.36. The number of carbonyl (C=O) groups excluding carboxylic acids is 1. The monoisotopic (exact) mass is 376 g/mol. The lowest BCUT2D eigenvalue weighted by molar-refractivity contribution is -0.384. The highest BCUT2D eigenvalue weighted by atomic mass is 32.1. The minimum absolute atomic E-state index is 0.121. The molecule has 2 heterocycles. The Morgan fingerprint density at radius 3 is 2.77 bits per heavy atom. The summed E-state index contributed by atoms with van der Waals surface area (Å²) in [5, 5.41) is 15.5. The minimum atomic E-state index is -0.474. The van der Waals surface area contributed by atoms with Crippen LogP contribution in [0.5, 0.6) is 0 Å². The van der Waals surface area contributed by atoms with Gasteiger partial charge in [0.2, 0.25) is 0 Å². The average Bonchev–Trinajstić information content (AvgIpc) is 3.08. The van der Waals surface area contributed by atoms with Crippen molar-refractivity contribution in [3.05, 3.63) is 50.0 Å². The Balaban J connectivity index is 1.82. The molecule has 1 aromatic carbocycles. The Labute approximate surface area is 154 Å². The fourth-order valence-electron chi connectivity index (χ4n) is 2.75. The first-order valence-corrected chi connectivity index (χ1v) is 9.11. The normalized spacial score (nSPS) is 15.5. The number of benzene rings is 1. The van der Waals surface area contributed by atoms with E-state index in [0.717, 1.165) is 9.88 Å². The molecule has 1 aliphatic heterocycles. The molecule has 0 spiro atoms. The Hall–Kier alpha value is -2.52. The van der Waals surface area contributed by atoms with Crippen molar-refractivity contribution >= 4 is 28.6 Å². The van der Waals surface area contributed by atoms with E-state index >= 15 is 0 Å². The molecule has 1 unspecified atom stereocenters. The zero-order chi connectivity index (χ0) is 18.7. The lowest BCUT2D eigenvalue weighted by Crippen LogP contribution is -2.40. The van der Waals surface area contributed by atoms with Crippen molar-refractivity contribution in [2.24, 2.45) is 0 Å². The van der Waals surface area contributed by atoms with Crippen LogP contribution in [0, 0.1) is 17.0 Å². The quantitative estimate of drug-likeness (QED) is 0.636. The van der Waals surface area contributed by atoms with Gasteiger partial charge in [-0.05, 0) is 26.0 Å². The molecule has 0 radical (unpaired) electrons. The third-order valence-electron chi connectivity index (χ3n) is 4.12. The van der Waals surface area contributed by atoms with Crippen LogP contribution in [-0.4, -0.2) is 47.0 Å². The van der Waals surface area contributed by atoms with Crippen molar-refractivity contribution in [2.45, 2.75) is 19.9 Å². The number of carbonyl (C=O) groups is 1. The van der Waals surface area contributed by atoms with Crippen LogP contribution >= 0.6 is 11.3 Å². The standard InChI is InChI=1S/C17H20N4O4S/c1-11-10-18-16(26-11)12(2)19-14-4-3-13(9-15(14)21(23)24)17(22)20-5-7-25-8-6-20/h3-4,9-10,12,19H,5-8H2,1-2H3. The zero-order valence-corrected chi connectivity index (χ0v) is 15.4. The van der Waals surface area contributed by atoms with Gasteiger partial charge in [0.1, 0.15) is 10.7 Å². The molecule has 1 fully saturated rings. The van der Waals surface area contributed by atoms with E-state index in [4.69, 9.17) is 4.74 Å². The maximum atomic E-state index is 12.6. The summed E-state index contributed by atoms with van der Waals surface area (Å²) in [7, 11) is 0. The van der Waals surface area contributed by atoms with Gasteiger partial charge >= 0.3 is 0 Å². The first kappa shape index (κ1) is 18.3. The topological polar surface area (TPSA) is 97.6 Å². The second kappa shape index (κ2) is 7.79. The molecular formula is C17H20N4O4S. The molecule has 138 valence electrons. The molecule has 26 heavy (non-hydrogen) atoms. The number of rotatable bonds is 5. The summed E-state index contributed by atoms with van der Waals surface area (Å²) < 4.78 is 5.24. The number of anilines is 1. The molecule has 1 aliphatic rings. The number of nitrogens with zero attached hydrogens (tertiary/aromatic N) is 3. The van der Waals surface area contributed by atoms with Gasteiger partial charge in [-0.2, -0.15) is 0 Å². The van der Waals surface area contributed by atoms with Crippen LogP contribution < -0.4 is 5.32 Å². The average molecular weight is 376 g/mol. The van der Waals surface area contributed by atoms with Gasteiger partial charge in [0, 0.05) is 35.8 Å². The summed E-state index contributed by atoms with van der Waals surface area (Å²) >= 11 is 1.54. The van der Waals surface area contributed by atoms with Gasteiger partial charge in [-0.25, -0.2) is 4.98 Å². The molecule has 1 aromatic heterocycles. The molecule has 0 aliphatic carbocycles. The third kappa shape index (κ3) is 4.00. The Morgan fingerprint density at radius 2 is 2.15 bits per heavy atom. The number of aryl methyl sites for hydroxylation is 1. The second-order valence-corrected chi connectivity index (χ2v) is 7.34. The fourth-order valence-corrected chi connectivity index (χ4v) is 3.53. The van der Waals surface area contributed by atoms with Gasteiger partial charge in [0.05, 0.1) is 24.2 Å². The van der Waals surface area contributed by atoms with Crippen molar-refractivity contribution in [1.82, 2.24) is 9.88 Å². The fraction of sp³-hybridized carbons (Fsp3) is 0.412. The summed E-state index contributed by atoms with van der Waals surface area (Å²) in [5.74, 6) is -0.216. The van der Waals surface area contributed by atoms with E-state index in [0.29, 0.717) is 37.6 Å². The van der Waals surface area contributed by atoms with Crippen LogP contribution in [0.1, 0.15) is 33.2 Å². The zero-order valence-electron chi connectivity index (χ0n) is 14.6. The highest BCUT2D eigenvalue weighted by Gasteiger charge is 2.23. The van der Waals surface area contributed by atoms with E-state index in [2.05, 4.69) is 10.3 Å². The first-order chi connectivity index (χ1) is 12.5. The van der Waals surface area contributed by atoms with Gasteiger partial charge in [-0.1, -0.05) is 0 Å². The van der Waals surface area contributed by atoms with Crippen LogP contribution in [0.15, 0.2) is 24.4 Å². The largest absolute Gasteiger partial charge is 0.378 e. The molecular weight excluding hydrogens is 356 g/mol. The Kier molecular flexibility index (Phi) is 5.48. The summed E-state index contributed by atoms with van der Waals surface area (Å²) in [5.41, 5.74) is 0.556. The number of nitrogens with one attached hydrogen (secondary N) is 1. The summed E-state index contributed by atoms with van der Waals surface area (Å²) in [4.78, 5) is 30.6. The Morgan fingerprint density at radius 1 is 1.42 bits per heavy atom. The highest BCUT2D eigenvalue weighted by molar-refractivity contribution is 7.11. The number of morpholine rings is 1. The van der Waals surface area contributed by atoms with Gasteiger partial charge < -0.3 is 15.0 Å². The van der Waals surface area contributed by atoms with E-state index in [-0.39, 0.29) is 17.6 Å². The van der Waals surface area contributed by atoms with Gasteiger partial charge in [-0.3, -0.25) is 14.9 Å². The van der Waals surface area contributed by atoms with E-state index in [1.807, 2.05) is 13.8 Å². The highest BCUT2D eigenvalue weighted by Crippen LogP contribution is 2.30. The molecule has 8 nitrogen and oxygen atoms in total. The number of hydrogen-bond acceptors (Lipinski definition) is 7. The van der Waals surface area contributed by atoms with Crippen LogP contribution in [-0.2, 0) is 4.74 Å². The summed E-state index contributed by atoms with van der Waals surface area (Å²) in [6.07, 6.45) is 1.77. The maximum Gasteiger partial charge on any atom is 0.293 e. The van der Waals surface area contributed by atoms with Crippen LogP contribution in [0.3, 0.4) is 0 Å². The van der Waals surface area contributed by atoms with Crippen LogP contribution in [0.4, 0.5) is 11.4 Å². The first-order valence-electron chi connectivity index (χ1n) is 8.30. The number of thiazole rings is 1. The number of nitro groups is 1. The van der Waals surface area contributed by atoms with Crippen molar-refractivity contribution < 1.29 is 14.5 Å². The van der Waals surface area contributed by atoms with Crippen molar-refractivity contribution in [3.8, 4) is 0 Å². The number of hydrogen-bond donors (Lipinski definition) is 1. The number of amides is 1. The smallest absolute Gasteiger partial charge is 0.293 e. The van der Waals surface area contributed by atoms with E-state index < -0.39 is 4.92 Å². The van der Waals surface area contributed by atoms with Crippen LogP contribution in [0.2, 0.25) is 0 Å². The molecule has 2 aromatic rings. The van der Waals surface area contributed by atoms with Crippen LogP contribution in [0.25, 0.3) is 0 Å². The second-order valence-electron chi connectivity index (χ2n) is 6.07. The SMILES string of the molecule is Cc1cnc(C(C)Nc2ccc(C(=O)N3CCOCC3)cc2[N+](=O)[O-])s1. The summed E-state index contributed by atoms with van der Waals surface area (Å²) in [6.45, 7) is 5.81.